The van der Waals surface area contributed by atoms with Crippen LogP contribution in [-0.4, -0.2) is 35.4 Å². The maximum atomic E-state index is 13.1. The van der Waals surface area contributed by atoms with Crippen molar-refractivity contribution in [2.75, 3.05) is 13.1 Å². The Morgan fingerprint density at radius 1 is 1.11 bits per heavy atom. The van der Waals surface area contributed by atoms with E-state index in [1.54, 1.807) is 11.8 Å². The summed E-state index contributed by atoms with van der Waals surface area (Å²) in [4.78, 5) is 15.0. The minimum atomic E-state index is -0.222. The third kappa shape index (κ3) is 4.87. The number of hydrogen-bond acceptors (Lipinski definition) is 4. The standard InChI is InChI=1S/C21H23ClFN3OS/c22-16-5-1-15(2-6-16)13-28-21-24-19-9-10-26(12-18(19)20(27)25-21)11-14-3-7-17(23)8-4-14/h1-8,18-19,21,24H,9-13H2,(H,25,27). The highest BCUT2D eigenvalue weighted by Crippen LogP contribution is 2.26. The summed E-state index contributed by atoms with van der Waals surface area (Å²) in [5, 5.41) is 7.42. The number of piperidine rings is 1. The molecule has 0 aliphatic carbocycles. The molecule has 2 N–H and O–H groups in total. The molecule has 2 fully saturated rings. The second kappa shape index (κ2) is 8.82. The van der Waals surface area contributed by atoms with Crippen LogP contribution in [0.2, 0.25) is 5.02 Å². The lowest BCUT2D eigenvalue weighted by Crippen LogP contribution is -2.64. The Labute approximate surface area is 173 Å². The van der Waals surface area contributed by atoms with E-state index >= 15 is 0 Å². The monoisotopic (exact) mass is 419 g/mol. The number of hydrogen-bond donors (Lipinski definition) is 2. The van der Waals surface area contributed by atoms with Crippen LogP contribution >= 0.6 is 23.4 Å². The van der Waals surface area contributed by atoms with Crippen LogP contribution in [0, 0.1) is 11.7 Å². The lowest BCUT2D eigenvalue weighted by atomic mass is 9.89. The van der Waals surface area contributed by atoms with E-state index in [1.165, 1.54) is 17.7 Å². The lowest BCUT2D eigenvalue weighted by molar-refractivity contribution is -0.130. The molecule has 0 radical (unpaired) electrons. The zero-order chi connectivity index (χ0) is 19.5. The van der Waals surface area contributed by atoms with Gasteiger partial charge in [0, 0.05) is 36.5 Å². The molecule has 0 spiro atoms. The van der Waals surface area contributed by atoms with Crippen LogP contribution in [0.15, 0.2) is 48.5 Å². The van der Waals surface area contributed by atoms with Gasteiger partial charge in [-0.1, -0.05) is 35.9 Å². The molecule has 1 amide bonds. The highest BCUT2D eigenvalue weighted by molar-refractivity contribution is 7.99. The molecule has 0 bridgehead atoms. The Hall–Kier alpha value is -1.60. The van der Waals surface area contributed by atoms with Gasteiger partial charge in [-0.15, -0.1) is 11.8 Å². The molecule has 28 heavy (non-hydrogen) atoms. The van der Waals surface area contributed by atoms with Crippen molar-refractivity contribution in [1.29, 1.82) is 0 Å². The number of fused-ring (bicyclic) bond motifs is 1. The van der Waals surface area contributed by atoms with Crippen LogP contribution in [-0.2, 0) is 17.1 Å². The van der Waals surface area contributed by atoms with Gasteiger partial charge in [0.05, 0.1) is 5.92 Å². The molecule has 2 aromatic rings. The zero-order valence-electron chi connectivity index (χ0n) is 15.4. The van der Waals surface area contributed by atoms with Crippen LogP contribution in [0.1, 0.15) is 17.5 Å². The number of halogens is 2. The number of amides is 1. The first-order valence-corrected chi connectivity index (χ1v) is 10.9. The predicted octanol–water partition coefficient (Wildman–Crippen LogP) is 3.61. The van der Waals surface area contributed by atoms with E-state index in [-0.39, 0.29) is 29.2 Å². The number of nitrogens with zero attached hydrogens (tertiary/aromatic N) is 1. The van der Waals surface area contributed by atoms with Crippen molar-refractivity contribution in [2.24, 2.45) is 5.92 Å². The topological polar surface area (TPSA) is 44.4 Å². The molecule has 2 aromatic carbocycles. The molecule has 148 valence electrons. The molecule has 7 heteroatoms. The molecule has 4 rings (SSSR count). The Morgan fingerprint density at radius 2 is 1.82 bits per heavy atom. The van der Waals surface area contributed by atoms with Gasteiger partial charge in [0.1, 0.15) is 11.3 Å². The van der Waals surface area contributed by atoms with Crippen molar-refractivity contribution < 1.29 is 9.18 Å². The maximum absolute atomic E-state index is 13.1. The first-order valence-electron chi connectivity index (χ1n) is 9.46. The molecular weight excluding hydrogens is 397 g/mol. The third-order valence-corrected chi connectivity index (χ3v) is 6.66. The number of carbonyl (C=O) groups is 1. The second-order valence-corrected chi connectivity index (χ2v) is 8.89. The van der Waals surface area contributed by atoms with Crippen molar-refractivity contribution in [2.45, 2.75) is 30.3 Å². The van der Waals surface area contributed by atoms with Gasteiger partial charge < -0.3 is 5.32 Å². The fraction of sp³-hybridized carbons (Fsp3) is 0.381. The normalized spacial score (nSPS) is 25.2. The first-order chi connectivity index (χ1) is 13.6. The largest absolute Gasteiger partial charge is 0.331 e. The zero-order valence-corrected chi connectivity index (χ0v) is 17.0. The first kappa shape index (κ1) is 19.7. The van der Waals surface area contributed by atoms with Gasteiger partial charge in [-0.3, -0.25) is 15.0 Å². The summed E-state index contributed by atoms with van der Waals surface area (Å²) >= 11 is 7.61. The molecule has 3 unspecified atom stereocenters. The number of carbonyl (C=O) groups excluding carboxylic acids is 1. The third-order valence-electron chi connectivity index (χ3n) is 5.32. The molecule has 3 atom stereocenters. The molecule has 2 saturated heterocycles. The Bertz CT molecular complexity index is 817. The van der Waals surface area contributed by atoms with Gasteiger partial charge in [0.2, 0.25) is 5.91 Å². The summed E-state index contributed by atoms with van der Waals surface area (Å²) in [6, 6.07) is 14.6. The van der Waals surface area contributed by atoms with Gasteiger partial charge in [-0.05, 0) is 41.8 Å². The van der Waals surface area contributed by atoms with Crippen LogP contribution in [0.25, 0.3) is 0 Å². The molecule has 2 aliphatic heterocycles. The number of benzene rings is 2. The highest BCUT2D eigenvalue weighted by Gasteiger charge is 2.39. The maximum Gasteiger partial charge on any atom is 0.227 e. The van der Waals surface area contributed by atoms with Crippen LogP contribution < -0.4 is 10.6 Å². The number of nitrogens with one attached hydrogen (secondary N) is 2. The van der Waals surface area contributed by atoms with E-state index in [2.05, 4.69) is 15.5 Å². The number of likely N-dealkylation sites (tertiary alicyclic amines) is 1. The van der Waals surface area contributed by atoms with Crippen LogP contribution in [0.3, 0.4) is 0 Å². The molecular formula is C21H23ClFN3OS. The predicted molar refractivity (Wildman–Crippen MR) is 111 cm³/mol. The summed E-state index contributed by atoms with van der Waals surface area (Å²) in [5.74, 6) is 0.645. The summed E-state index contributed by atoms with van der Waals surface area (Å²) in [6.07, 6.45) is 0.928. The van der Waals surface area contributed by atoms with Crippen LogP contribution in [0.5, 0.6) is 0 Å². The summed E-state index contributed by atoms with van der Waals surface area (Å²) in [5.41, 5.74) is 2.18. The highest BCUT2D eigenvalue weighted by atomic mass is 35.5. The average Bonchev–Trinajstić information content (AvgIpc) is 2.70. The smallest absolute Gasteiger partial charge is 0.227 e. The van der Waals surface area contributed by atoms with E-state index in [4.69, 9.17) is 11.6 Å². The van der Waals surface area contributed by atoms with E-state index < -0.39 is 0 Å². The molecule has 4 nitrogen and oxygen atoms in total. The minimum absolute atomic E-state index is 0.0541. The summed E-state index contributed by atoms with van der Waals surface area (Å²) in [7, 11) is 0. The van der Waals surface area contributed by atoms with Crippen molar-refractivity contribution in [3.8, 4) is 0 Å². The minimum Gasteiger partial charge on any atom is -0.331 e. The van der Waals surface area contributed by atoms with E-state index in [1.807, 2.05) is 36.4 Å². The molecule has 2 aliphatic rings. The molecule has 0 saturated carbocycles. The Kier molecular flexibility index (Phi) is 6.21. The van der Waals surface area contributed by atoms with Gasteiger partial charge >= 0.3 is 0 Å². The van der Waals surface area contributed by atoms with Crippen molar-refractivity contribution in [1.82, 2.24) is 15.5 Å². The van der Waals surface area contributed by atoms with E-state index in [0.717, 1.165) is 42.4 Å². The lowest BCUT2D eigenvalue weighted by Gasteiger charge is -2.43. The van der Waals surface area contributed by atoms with Crippen molar-refractivity contribution in [3.63, 3.8) is 0 Å². The quantitative estimate of drug-likeness (QED) is 0.777. The van der Waals surface area contributed by atoms with Gasteiger partial charge in [-0.2, -0.15) is 0 Å². The summed E-state index contributed by atoms with van der Waals surface area (Å²) < 4.78 is 13.1. The van der Waals surface area contributed by atoms with E-state index in [0.29, 0.717) is 0 Å². The van der Waals surface area contributed by atoms with Gasteiger partial charge in [0.15, 0.2) is 0 Å². The average molecular weight is 420 g/mol. The Morgan fingerprint density at radius 3 is 2.57 bits per heavy atom. The molecule has 0 aromatic heterocycles. The SMILES string of the molecule is O=C1NC(SCc2ccc(Cl)cc2)NC2CCN(Cc3ccc(F)cc3)CC12. The fourth-order valence-corrected chi connectivity index (χ4v) is 4.95. The van der Waals surface area contributed by atoms with Gasteiger partial charge in [0.25, 0.3) is 0 Å². The Balaban J connectivity index is 1.30. The van der Waals surface area contributed by atoms with E-state index in [9.17, 15) is 9.18 Å². The second-order valence-electron chi connectivity index (χ2n) is 7.36. The summed E-state index contributed by atoms with van der Waals surface area (Å²) in [6.45, 7) is 2.38. The molecule has 2 heterocycles. The van der Waals surface area contributed by atoms with Gasteiger partial charge in [-0.25, -0.2) is 4.39 Å². The van der Waals surface area contributed by atoms with Crippen LogP contribution in [0.4, 0.5) is 4.39 Å². The van der Waals surface area contributed by atoms with Crippen molar-refractivity contribution in [3.05, 3.63) is 70.5 Å². The number of rotatable bonds is 5. The van der Waals surface area contributed by atoms with Crippen molar-refractivity contribution >= 4 is 29.3 Å². The number of thioether (sulfide) groups is 1. The fourth-order valence-electron chi connectivity index (χ4n) is 3.80.